The first kappa shape index (κ1) is 13.9. The van der Waals surface area contributed by atoms with Crippen LogP contribution in [0.5, 0.6) is 0 Å². The Hall–Kier alpha value is -3.03. The highest BCUT2D eigenvalue weighted by molar-refractivity contribution is 5.93. The molecule has 8 nitrogen and oxygen atoms in total. The first-order valence-corrected chi connectivity index (χ1v) is 6.68. The van der Waals surface area contributed by atoms with Gasteiger partial charge in [-0.2, -0.15) is 5.21 Å². The Labute approximate surface area is 125 Å². The molecule has 3 rings (SSSR count). The van der Waals surface area contributed by atoms with Crippen molar-refractivity contribution < 1.29 is 13.9 Å². The van der Waals surface area contributed by atoms with E-state index >= 15 is 0 Å². The standard InChI is InChI=1S/C14H13N5O3/c1-3-21-14(20)12-11(15-8(2)22-12)9-4-6-10(7-5-9)13-16-18-19-17-13/h4-7H,3H2,1-2H3,(H,16,17,18,19). The Kier molecular flexibility index (Phi) is 3.65. The van der Waals surface area contributed by atoms with E-state index < -0.39 is 5.97 Å². The number of aryl methyl sites for hydroxylation is 1. The van der Waals surface area contributed by atoms with Gasteiger partial charge in [0.2, 0.25) is 11.6 Å². The van der Waals surface area contributed by atoms with Crippen molar-refractivity contribution >= 4 is 5.97 Å². The number of carbonyl (C=O) groups excluding carboxylic acids is 1. The first-order valence-electron chi connectivity index (χ1n) is 6.68. The number of H-pyrrole nitrogens is 1. The molecular weight excluding hydrogens is 286 g/mol. The molecule has 0 radical (unpaired) electrons. The van der Waals surface area contributed by atoms with Crippen molar-refractivity contribution in [3.63, 3.8) is 0 Å². The number of hydrogen-bond acceptors (Lipinski definition) is 7. The van der Waals surface area contributed by atoms with E-state index in [1.807, 2.05) is 24.3 Å². The summed E-state index contributed by atoms with van der Waals surface area (Å²) >= 11 is 0. The number of aromatic amines is 1. The van der Waals surface area contributed by atoms with E-state index in [0.717, 1.165) is 11.1 Å². The zero-order valence-corrected chi connectivity index (χ0v) is 12.0. The van der Waals surface area contributed by atoms with Gasteiger partial charge in [0, 0.05) is 18.1 Å². The van der Waals surface area contributed by atoms with Crippen molar-refractivity contribution in [3.05, 3.63) is 35.9 Å². The summed E-state index contributed by atoms with van der Waals surface area (Å²) in [6.45, 7) is 3.69. The summed E-state index contributed by atoms with van der Waals surface area (Å²) in [5.74, 6) is 0.473. The highest BCUT2D eigenvalue weighted by Gasteiger charge is 2.21. The maximum absolute atomic E-state index is 11.9. The third-order valence-corrected chi connectivity index (χ3v) is 2.96. The molecule has 8 heteroatoms. The first-order chi connectivity index (χ1) is 10.7. The van der Waals surface area contributed by atoms with Crippen LogP contribution in [0.1, 0.15) is 23.4 Å². The molecule has 0 unspecified atom stereocenters. The summed E-state index contributed by atoms with van der Waals surface area (Å²) in [5, 5.41) is 13.7. The van der Waals surface area contributed by atoms with Crippen LogP contribution < -0.4 is 0 Å². The SMILES string of the molecule is CCOC(=O)c1oc(C)nc1-c1ccc(-c2nn[nH]n2)cc1. The van der Waals surface area contributed by atoms with E-state index in [4.69, 9.17) is 9.15 Å². The molecule has 22 heavy (non-hydrogen) atoms. The lowest BCUT2D eigenvalue weighted by molar-refractivity contribution is 0.0490. The summed E-state index contributed by atoms with van der Waals surface area (Å²) in [6, 6.07) is 7.26. The maximum Gasteiger partial charge on any atom is 0.376 e. The topological polar surface area (TPSA) is 107 Å². The van der Waals surface area contributed by atoms with Crippen molar-refractivity contribution in [1.29, 1.82) is 0 Å². The van der Waals surface area contributed by atoms with Crippen molar-refractivity contribution in [2.75, 3.05) is 6.61 Å². The van der Waals surface area contributed by atoms with Gasteiger partial charge in [0.15, 0.2) is 5.89 Å². The van der Waals surface area contributed by atoms with Crippen LogP contribution in [0.25, 0.3) is 22.6 Å². The predicted octanol–water partition coefficient (Wildman–Crippen LogP) is 2.01. The molecule has 1 N–H and O–H groups in total. The lowest BCUT2D eigenvalue weighted by Gasteiger charge is -2.02. The smallest absolute Gasteiger partial charge is 0.376 e. The Morgan fingerprint density at radius 2 is 2.00 bits per heavy atom. The normalized spacial score (nSPS) is 10.6. The fraction of sp³-hybridized carbons (Fsp3) is 0.214. The van der Waals surface area contributed by atoms with Crippen LogP contribution in [0.4, 0.5) is 0 Å². The van der Waals surface area contributed by atoms with Gasteiger partial charge in [-0.05, 0) is 12.1 Å². The van der Waals surface area contributed by atoms with Gasteiger partial charge in [-0.3, -0.25) is 0 Å². The third kappa shape index (κ3) is 2.58. The van der Waals surface area contributed by atoms with Gasteiger partial charge >= 0.3 is 5.97 Å². The molecule has 112 valence electrons. The fourth-order valence-electron chi connectivity index (χ4n) is 2.02. The predicted molar refractivity (Wildman–Crippen MR) is 75.8 cm³/mol. The second-order valence-corrected chi connectivity index (χ2v) is 4.44. The van der Waals surface area contributed by atoms with Crippen molar-refractivity contribution in [2.24, 2.45) is 0 Å². The van der Waals surface area contributed by atoms with E-state index in [-0.39, 0.29) is 12.4 Å². The number of tetrazole rings is 1. The Balaban J connectivity index is 1.96. The zero-order valence-electron chi connectivity index (χ0n) is 12.0. The number of carbonyl (C=O) groups is 1. The number of nitrogens with zero attached hydrogens (tertiary/aromatic N) is 4. The Bertz CT molecular complexity index is 777. The summed E-state index contributed by atoms with van der Waals surface area (Å²) < 4.78 is 10.3. The average Bonchev–Trinajstić information content (AvgIpc) is 3.17. The maximum atomic E-state index is 11.9. The quantitative estimate of drug-likeness (QED) is 0.734. The number of nitrogens with one attached hydrogen (secondary N) is 1. The zero-order chi connectivity index (χ0) is 15.5. The molecule has 0 amide bonds. The fourth-order valence-corrected chi connectivity index (χ4v) is 2.02. The van der Waals surface area contributed by atoms with Gasteiger partial charge in [0.25, 0.3) is 0 Å². The van der Waals surface area contributed by atoms with Crippen molar-refractivity contribution in [3.8, 4) is 22.6 Å². The number of aromatic nitrogens is 5. The Morgan fingerprint density at radius 1 is 1.27 bits per heavy atom. The van der Waals surface area contributed by atoms with Crippen LogP contribution >= 0.6 is 0 Å². The lowest BCUT2D eigenvalue weighted by atomic mass is 10.1. The monoisotopic (exact) mass is 299 g/mol. The summed E-state index contributed by atoms with van der Waals surface area (Å²) in [5.41, 5.74) is 2.00. The molecule has 0 fully saturated rings. The molecule has 0 aliphatic heterocycles. The molecule has 0 spiro atoms. The van der Waals surface area contributed by atoms with Crippen molar-refractivity contribution in [2.45, 2.75) is 13.8 Å². The average molecular weight is 299 g/mol. The van der Waals surface area contributed by atoms with Crippen molar-refractivity contribution in [1.82, 2.24) is 25.6 Å². The van der Waals surface area contributed by atoms with Crippen LogP contribution in [0, 0.1) is 6.92 Å². The highest BCUT2D eigenvalue weighted by Crippen LogP contribution is 2.26. The van der Waals surface area contributed by atoms with Crippen LogP contribution in [0.15, 0.2) is 28.7 Å². The third-order valence-electron chi connectivity index (χ3n) is 2.96. The van der Waals surface area contributed by atoms with Crippen LogP contribution in [0.2, 0.25) is 0 Å². The van der Waals surface area contributed by atoms with Gasteiger partial charge in [0.1, 0.15) is 5.69 Å². The lowest BCUT2D eigenvalue weighted by Crippen LogP contribution is -2.04. The van der Waals surface area contributed by atoms with E-state index in [9.17, 15) is 4.79 Å². The van der Waals surface area contributed by atoms with Gasteiger partial charge in [-0.25, -0.2) is 9.78 Å². The molecule has 1 aromatic carbocycles. The molecule has 0 aliphatic rings. The second-order valence-electron chi connectivity index (χ2n) is 4.44. The number of hydrogen-bond donors (Lipinski definition) is 1. The molecule has 0 saturated heterocycles. The molecule has 0 atom stereocenters. The molecular formula is C14H13N5O3. The summed E-state index contributed by atoms with van der Waals surface area (Å²) in [6.07, 6.45) is 0. The minimum absolute atomic E-state index is 0.103. The minimum atomic E-state index is -0.527. The minimum Gasteiger partial charge on any atom is -0.460 e. The number of oxazole rings is 1. The summed E-state index contributed by atoms with van der Waals surface area (Å²) in [7, 11) is 0. The largest absolute Gasteiger partial charge is 0.460 e. The molecule has 0 saturated carbocycles. The second kappa shape index (κ2) is 5.76. The molecule has 2 aromatic heterocycles. The van der Waals surface area contributed by atoms with Crippen LogP contribution in [-0.4, -0.2) is 38.2 Å². The van der Waals surface area contributed by atoms with E-state index in [2.05, 4.69) is 25.6 Å². The van der Waals surface area contributed by atoms with Gasteiger partial charge in [0.05, 0.1) is 6.61 Å². The number of esters is 1. The van der Waals surface area contributed by atoms with E-state index in [1.165, 1.54) is 0 Å². The number of rotatable bonds is 4. The molecule has 2 heterocycles. The van der Waals surface area contributed by atoms with Gasteiger partial charge in [-0.1, -0.05) is 24.3 Å². The van der Waals surface area contributed by atoms with Crippen LogP contribution in [-0.2, 0) is 4.74 Å². The number of ether oxygens (including phenoxy) is 1. The molecule has 0 aliphatic carbocycles. The van der Waals surface area contributed by atoms with Gasteiger partial charge < -0.3 is 9.15 Å². The Morgan fingerprint density at radius 3 is 2.64 bits per heavy atom. The molecule has 0 bridgehead atoms. The van der Waals surface area contributed by atoms with Crippen LogP contribution in [0.3, 0.4) is 0 Å². The van der Waals surface area contributed by atoms with E-state index in [1.54, 1.807) is 13.8 Å². The molecule has 3 aromatic rings. The highest BCUT2D eigenvalue weighted by atomic mass is 16.5. The number of benzene rings is 1. The van der Waals surface area contributed by atoms with E-state index in [0.29, 0.717) is 17.4 Å². The summed E-state index contributed by atoms with van der Waals surface area (Å²) in [4.78, 5) is 16.2. The van der Waals surface area contributed by atoms with Gasteiger partial charge in [-0.15, -0.1) is 10.2 Å².